The summed E-state index contributed by atoms with van der Waals surface area (Å²) in [6.07, 6.45) is 5.04. The molecule has 0 spiro atoms. The highest BCUT2D eigenvalue weighted by Gasteiger charge is 2.33. The number of rotatable bonds is 13. The van der Waals surface area contributed by atoms with Gasteiger partial charge in [0.1, 0.15) is 18.3 Å². The molecular weight excluding hydrogens is 594 g/mol. The predicted molar refractivity (Wildman–Crippen MR) is 173 cm³/mol. The van der Waals surface area contributed by atoms with Crippen molar-refractivity contribution in [1.29, 1.82) is 0 Å². The zero-order valence-electron chi connectivity index (χ0n) is 26.6. The fourth-order valence-electron chi connectivity index (χ4n) is 5.42. The Morgan fingerprint density at radius 1 is 0.867 bits per heavy atom. The zero-order valence-corrected chi connectivity index (χ0v) is 27.4. The van der Waals surface area contributed by atoms with Crippen molar-refractivity contribution in [2.75, 3.05) is 32.2 Å². The second-order valence-electron chi connectivity index (χ2n) is 11.3. The van der Waals surface area contributed by atoms with Crippen molar-refractivity contribution < 1.29 is 32.2 Å². The van der Waals surface area contributed by atoms with Gasteiger partial charge in [0, 0.05) is 18.7 Å². The molecule has 10 nitrogen and oxygen atoms in total. The van der Waals surface area contributed by atoms with Crippen LogP contribution in [0.15, 0.2) is 71.6 Å². The molecule has 3 aromatic carbocycles. The van der Waals surface area contributed by atoms with Crippen LogP contribution in [0.5, 0.6) is 17.2 Å². The molecule has 1 N–H and O–H groups in total. The number of benzene rings is 3. The molecule has 3 aromatic rings. The third-order valence-corrected chi connectivity index (χ3v) is 9.94. The Labute approximate surface area is 266 Å². The summed E-state index contributed by atoms with van der Waals surface area (Å²) < 4.78 is 45.4. The molecule has 1 aliphatic rings. The van der Waals surface area contributed by atoms with Crippen LogP contribution < -0.4 is 23.8 Å². The van der Waals surface area contributed by atoms with Gasteiger partial charge in [-0.15, -0.1) is 0 Å². The van der Waals surface area contributed by atoms with Crippen LogP contribution in [0.25, 0.3) is 0 Å². The van der Waals surface area contributed by atoms with Gasteiger partial charge in [-0.25, -0.2) is 8.42 Å². The molecular formula is C34H43N3O7S. The van der Waals surface area contributed by atoms with Gasteiger partial charge in [0.2, 0.25) is 11.8 Å². The zero-order chi connectivity index (χ0) is 32.6. The van der Waals surface area contributed by atoms with E-state index in [9.17, 15) is 18.0 Å². The number of nitrogens with zero attached hydrogens (tertiary/aromatic N) is 2. The van der Waals surface area contributed by atoms with E-state index in [1.54, 1.807) is 50.4 Å². The summed E-state index contributed by atoms with van der Waals surface area (Å²) >= 11 is 0. The number of nitrogens with one attached hydrogen (secondary N) is 1. The smallest absolute Gasteiger partial charge is 0.264 e. The van der Waals surface area contributed by atoms with E-state index in [1.807, 2.05) is 19.1 Å². The topological polar surface area (TPSA) is 114 Å². The van der Waals surface area contributed by atoms with Gasteiger partial charge in [0.15, 0.2) is 11.5 Å². The lowest BCUT2D eigenvalue weighted by atomic mass is 9.95. The molecule has 45 heavy (non-hydrogen) atoms. The van der Waals surface area contributed by atoms with Crippen LogP contribution in [-0.4, -0.2) is 65.1 Å². The van der Waals surface area contributed by atoms with Gasteiger partial charge >= 0.3 is 0 Å². The number of methoxy groups -OCH3 is 3. The summed E-state index contributed by atoms with van der Waals surface area (Å²) in [6.45, 7) is 3.14. The third kappa shape index (κ3) is 8.27. The fraction of sp³-hybridized carbons (Fsp3) is 0.412. The van der Waals surface area contributed by atoms with E-state index in [1.165, 1.54) is 37.3 Å². The molecule has 0 saturated heterocycles. The standard InChI is InChI=1S/C34H43N3O7S/c1-24-11-15-28(16-12-24)37(45(40,41)30-19-20-31(43-4)32(21-30)44-5)23-33(38)36(22-26-13-17-29(42-3)18-14-26)25(2)34(39)35-27-9-7-6-8-10-27/h11-21,25,27H,6-10,22-23H2,1-5H3,(H,35,39)/t25-/m1/s1. The van der Waals surface area contributed by atoms with Crippen LogP contribution in [0.2, 0.25) is 0 Å². The Kier molecular flexibility index (Phi) is 11.3. The van der Waals surface area contributed by atoms with Crippen LogP contribution in [-0.2, 0) is 26.2 Å². The average molecular weight is 638 g/mol. The molecule has 0 radical (unpaired) electrons. The van der Waals surface area contributed by atoms with Gasteiger partial charge in [-0.1, -0.05) is 49.1 Å². The van der Waals surface area contributed by atoms with Crippen LogP contribution in [0.4, 0.5) is 5.69 Å². The first-order valence-corrected chi connectivity index (χ1v) is 16.6. The second-order valence-corrected chi connectivity index (χ2v) is 13.1. The lowest BCUT2D eigenvalue weighted by Crippen LogP contribution is -2.53. The Morgan fingerprint density at radius 2 is 1.51 bits per heavy atom. The molecule has 242 valence electrons. The predicted octanol–water partition coefficient (Wildman–Crippen LogP) is 5.08. The van der Waals surface area contributed by atoms with E-state index in [4.69, 9.17) is 14.2 Å². The fourth-order valence-corrected chi connectivity index (χ4v) is 6.85. The molecule has 1 saturated carbocycles. The highest BCUT2D eigenvalue weighted by molar-refractivity contribution is 7.92. The van der Waals surface area contributed by atoms with Crippen LogP contribution in [0.1, 0.15) is 50.2 Å². The third-order valence-electron chi connectivity index (χ3n) is 8.17. The molecule has 1 fully saturated rings. The van der Waals surface area contributed by atoms with E-state index in [-0.39, 0.29) is 29.1 Å². The van der Waals surface area contributed by atoms with Gasteiger partial charge in [-0.05, 0) is 68.7 Å². The number of aryl methyl sites for hydroxylation is 1. The normalized spacial score (nSPS) is 14.2. The molecule has 11 heteroatoms. The lowest BCUT2D eigenvalue weighted by Gasteiger charge is -2.33. The molecule has 0 heterocycles. The number of ether oxygens (including phenoxy) is 3. The van der Waals surface area contributed by atoms with Crippen molar-refractivity contribution in [3.63, 3.8) is 0 Å². The molecule has 0 aromatic heterocycles. The minimum absolute atomic E-state index is 0.0566. The van der Waals surface area contributed by atoms with Crippen molar-refractivity contribution in [3.8, 4) is 17.2 Å². The monoisotopic (exact) mass is 637 g/mol. The Balaban J connectivity index is 1.70. The van der Waals surface area contributed by atoms with Crippen LogP contribution >= 0.6 is 0 Å². The minimum Gasteiger partial charge on any atom is -0.497 e. The van der Waals surface area contributed by atoms with Gasteiger partial charge in [-0.2, -0.15) is 0 Å². The van der Waals surface area contributed by atoms with Gasteiger partial charge in [-0.3, -0.25) is 13.9 Å². The van der Waals surface area contributed by atoms with Gasteiger partial charge in [0.05, 0.1) is 31.9 Å². The Hall–Kier alpha value is -4.25. The van der Waals surface area contributed by atoms with Crippen molar-refractivity contribution in [2.24, 2.45) is 0 Å². The minimum atomic E-state index is -4.27. The van der Waals surface area contributed by atoms with Crippen LogP contribution in [0.3, 0.4) is 0 Å². The molecule has 0 aliphatic heterocycles. The number of amides is 2. The van der Waals surface area contributed by atoms with E-state index < -0.39 is 28.5 Å². The van der Waals surface area contributed by atoms with E-state index in [0.29, 0.717) is 17.2 Å². The van der Waals surface area contributed by atoms with E-state index in [2.05, 4.69) is 5.32 Å². The van der Waals surface area contributed by atoms with Crippen LogP contribution in [0, 0.1) is 6.92 Å². The Morgan fingerprint density at radius 3 is 2.11 bits per heavy atom. The van der Waals surface area contributed by atoms with Gasteiger partial charge < -0.3 is 24.4 Å². The van der Waals surface area contributed by atoms with Crippen molar-refractivity contribution in [1.82, 2.24) is 10.2 Å². The largest absolute Gasteiger partial charge is 0.497 e. The Bertz CT molecular complexity index is 1550. The summed E-state index contributed by atoms with van der Waals surface area (Å²) in [4.78, 5) is 29.1. The second kappa shape index (κ2) is 15.2. The summed E-state index contributed by atoms with van der Waals surface area (Å²) in [6, 6.07) is 17.6. The maximum Gasteiger partial charge on any atom is 0.264 e. The maximum atomic E-state index is 14.2. The number of hydrogen-bond donors (Lipinski definition) is 1. The molecule has 1 atom stereocenters. The summed E-state index contributed by atoms with van der Waals surface area (Å²) in [5.74, 6) is 0.474. The van der Waals surface area contributed by atoms with Crippen molar-refractivity contribution in [3.05, 3.63) is 77.9 Å². The van der Waals surface area contributed by atoms with Crippen molar-refractivity contribution >= 4 is 27.5 Å². The lowest BCUT2D eigenvalue weighted by molar-refractivity contribution is -0.139. The van der Waals surface area contributed by atoms with Crippen molar-refractivity contribution in [2.45, 2.75) is 69.5 Å². The SMILES string of the molecule is COc1ccc(CN(C(=O)CN(c2ccc(C)cc2)S(=O)(=O)c2ccc(OC)c(OC)c2)[C@H](C)C(=O)NC2CCCCC2)cc1. The number of anilines is 1. The number of sulfonamides is 1. The van der Waals surface area contributed by atoms with Gasteiger partial charge in [0.25, 0.3) is 10.0 Å². The number of carbonyl (C=O) groups is 2. The first kappa shape index (κ1) is 33.6. The average Bonchev–Trinajstić information content (AvgIpc) is 3.06. The molecule has 1 aliphatic carbocycles. The van der Waals surface area contributed by atoms with E-state index in [0.717, 1.165) is 47.5 Å². The first-order valence-electron chi connectivity index (χ1n) is 15.1. The molecule has 2 amide bonds. The summed E-state index contributed by atoms with van der Waals surface area (Å²) in [7, 11) is 0.188. The quantitative estimate of drug-likeness (QED) is 0.278. The number of carbonyl (C=O) groups excluding carboxylic acids is 2. The first-order chi connectivity index (χ1) is 21.6. The highest BCUT2D eigenvalue weighted by Crippen LogP contribution is 2.32. The molecule has 0 unspecified atom stereocenters. The van der Waals surface area contributed by atoms with E-state index >= 15 is 0 Å². The molecule has 4 rings (SSSR count). The summed E-state index contributed by atoms with van der Waals surface area (Å²) in [5.41, 5.74) is 2.02. The number of hydrogen-bond acceptors (Lipinski definition) is 7. The molecule has 0 bridgehead atoms. The highest BCUT2D eigenvalue weighted by atomic mass is 32.2. The maximum absolute atomic E-state index is 14.2. The summed E-state index contributed by atoms with van der Waals surface area (Å²) in [5, 5.41) is 3.12.